The summed E-state index contributed by atoms with van der Waals surface area (Å²) >= 11 is 4.62. The average Bonchev–Trinajstić information content (AvgIpc) is 3.44. The van der Waals surface area contributed by atoms with Crippen LogP contribution >= 0.6 is 27.3 Å². The summed E-state index contributed by atoms with van der Waals surface area (Å²) in [4.78, 5) is 39.9. The molecule has 8 nitrogen and oxygen atoms in total. The van der Waals surface area contributed by atoms with Gasteiger partial charge in [0.25, 0.3) is 5.56 Å². The maximum atomic E-state index is 13.3. The number of thiophene rings is 1. The van der Waals surface area contributed by atoms with Gasteiger partial charge in [-0.3, -0.25) is 18.7 Å². The molecule has 0 saturated heterocycles. The van der Waals surface area contributed by atoms with Crippen LogP contribution in [-0.4, -0.2) is 29.1 Å². The van der Waals surface area contributed by atoms with E-state index in [1.807, 2.05) is 0 Å². The van der Waals surface area contributed by atoms with Gasteiger partial charge in [-0.1, -0.05) is 0 Å². The summed E-state index contributed by atoms with van der Waals surface area (Å²) in [5.41, 5.74) is -0.850. The summed E-state index contributed by atoms with van der Waals surface area (Å²) < 4.78 is 19.1. The van der Waals surface area contributed by atoms with E-state index in [1.165, 1.54) is 48.5 Å². The van der Waals surface area contributed by atoms with Crippen LogP contribution in [0.4, 0.5) is 0 Å². The Bertz CT molecular complexity index is 1380. The molecule has 0 aliphatic rings. The fourth-order valence-electron chi connectivity index (χ4n) is 3.28. The van der Waals surface area contributed by atoms with Crippen LogP contribution < -0.4 is 20.7 Å². The molecular weight excluding hydrogens is 488 g/mol. The molecule has 0 spiro atoms. The monoisotopic (exact) mass is 504 g/mol. The van der Waals surface area contributed by atoms with Crippen LogP contribution in [0.15, 0.2) is 60.5 Å². The summed E-state index contributed by atoms with van der Waals surface area (Å²) in [6, 6.07) is 9.84. The quantitative estimate of drug-likeness (QED) is 0.357. The number of hydrogen-bond donors (Lipinski definition) is 0. The van der Waals surface area contributed by atoms with Crippen molar-refractivity contribution in [1.82, 2.24) is 9.13 Å². The summed E-state index contributed by atoms with van der Waals surface area (Å²) in [5.74, 6) is 0.879. The van der Waals surface area contributed by atoms with Gasteiger partial charge in [-0.2, -0.15) is 0 Å². The number of carbonyl (C=O) groups excluding carboxylic acids is 1. The molecule has 0 bridgehead atoms. The van der Waals surface area contributed by atoms with Crippen molar-refractivity contribution in [1.29, 1.82) is 0 Å². The molecule has 0 radical (unpaired) electrons. The Balaban J connectivity index is 1.95. The molecule has 160 valence electrons. The molecule has 10 heteroatoms. The first kappa shape index (κ1) is 21.1. The number of ketones is 1. The molecule has 4 rings (SSSR count). The van der Waals surface area contributed by atoms with Crippen molar-refractivity contribution in [2.45, 2.75) is 13.1 Å². The maximum Gasteiger partial charge on any atom is 0.332 e. The van der Waals surface area contributed by atoms with Crippen molar-refractivity contribution in [2.75, 3.05) is 14.2 Å². The molecule has 0 unspecified atom stereocenters. The highest BCUT2D eigenvalue weighted by Crippen LogP contribution is 2.31. The smallest absolute Gasteiger partial charge is 0.332 e. The number of Topliss-reactive ketones (excluding diaryl/α,β-unsaturated/α-hetero) is 1. The molecular formula is C21H17BrN2O6S. The first-order valence-electron chi connectivity index (χ1n) is 9.13. The van der Waals surface area contributed by atoms with Gasteiger partial charge >= 0.3 is 5.69 Å². The van der Waals surface area contributed by atoms with Crippen molar-refractivity contribution >= 4 is 44.0 Å². The normalized spacial score (nSPS) is 11.1. The zero-order chi connectivity index (χ0) is 22.1. The van der Waals surface area contributed by atoms with Crippen molar-refractivity contribution < 1.29 is 18.7 Å². The van der Waals surface area contributed by atoms with Crippen LogP contribution in [0.3, 0.4) is 0 Å². The van der Waals surface area contributed by atoms with Crippen molar-refractivity contribution in [2.24, 2.45) is 0 Å². The van der Waals surface area contributed by atoms with E-state index in [0.29, 0.717) is 22.1 Å². The van der Waals surface area contributed by atoms with Crippen LogP contribution in [0.2, 0.25) is 0 Å². The first-order valence-corrected chi connectivity index (χ1v) is 10.7. The number of nitrogens with zero attached hydrogens (tertiary/aromatic N) is 2. The molecule has 0 aliphatic carbocycles. The molecule has 0 saturated carbocycles. The van der Waals surface area contributed by atoms with E-state index < -0.39 is 11.2 Å². The largest absolute Gasteiger partial charge is 0.493 e. The Hall–Kier alpha value is -3.11. The third-order valence-electron chi connectivity index (χ3n) is 4.77. The van der Waals surface area contributed by atoms with E-state index in [-0.39, 0.29) is 29.8 Å². The standard InChI is InChI=1S/C21H17BrN2O6S/c1-28-16-8-13-14(9-17(16)29-2)23(11-15(25)18-5-6-19(22)31-18)21(27)24(20(13)26)10-12-4-3-7-30-12/h3-9H,10-11H2,1-2H3. The molecule has 0 N–H and O–H groups in total. The van der Waals surface area contributed by atoms with Gasteiger partial charge in [0.1, 0.15) is 5.76 Å². The number of rotatable bonds is 7. The lowest BCUT2D eigenvalue weighted by atomic mass is 10.2. The van der Waals surface area contributed by atoms with Crippen LogP contribution in [0.5, 0.6) is 11.5 Å². The van der Waals surface area contributed by atoms with Crippen LogP contribution in [0.25, 0.3) is 10.9 Å². The molecule has 3 aromatic heterocycles. The second-order valence-corrected chi connectivity index (χ2v) is 9.05. The fraction of sp³-hybridized carbons (Fsp3) is 0.190. The van der Waals surface area contributed by atoms with Gasteiger partial charge in [-0.05, 0) is 46.3 Å². The predicted octanol–water partition coefficient (Wildman–Crippen LogP) is 3.53. The summed E-state index contributed by atoms with van der Waals surface area (Å²) in [5, 5.41) is 0.226. The predicted molar refractivity (Wildman–Crippen MR) is 120 cm³/mol. The van der Waals surface area contributed by atoms with E-state index >= 15 is 0 Å². The average molecular weight is 505 g/mol. The number of furan rings is 1. The molecule has 3 heterocycles. The SMILES string of the molecule is COc1cc2c(=O)n(Cc3ccco3)c(=O)n(CC(=O)c3ccc(Br)s3)c2cc1OC. The van der Waals surface area contributed by atoms with E-state index in [4.69, 9.17) is 13.9 Å². The minimum Gasteiger partial charge on any atom is -0.493 e. The number of methoxy groups -OCH3 is 2. The third kappa shape index (κ3) is 3.96. The second kappa shape index (κ2) is 8.56. The minimum absolute atomic E-state index is 0.0618. The molecule has 0 aliphatic heterocycles. The topological polar surface area (TPSA) is 92.7 Å². The lowest BCUT2D eigenvalue weighted by molar-refractivity contribution is 0.0975. The maximum absolute atomic E-state index is 13.3. The van der Waals surface area contributed by atoms with Crippen LogP contribution in [0, 0.1) is 0 Å². The van der Waals surface area contributed by atoms with Crippen molar-refractivity contribution in [3.63, 3.8) is 0 Å². The zero-order valence-corrected chi connectivity index (χ0v) is 19.0. The number of hydrogen-bond acceptors (Lipinski definition) is 7. The van der Waals surface area contributed by atoms with Crippen LogP contribution in [-0.2, 0) is 13.1 Å². The first-order chi connectivity index (χ1) is 14.9. The summed E-state index contributed by atoms with van der Waals surface area (Å²) in [7, 11) is 2.91. The van der Waals surface area contributed by atoms with E-state index in [0.717, 1.165) is 8.35 Å². The Morgan fingerprint density at radius 1 is 1.10 bits per heavy atom. The van der Waals surface area contributed by atoms with Gasteiger partial charge in [-0.15, -0.1) is 11.3 Å². The molecule has 31 heavy (non-hydrogen) atoms. The van der Waals surface area contributed by atoms with E-state index in [1.54, 1.807) is 24.3 Å². The van der Waals surface area contributed by atoms with Crippen LogP contribution in [0.1, 0.15) is 15.4 Å². The van der Waals surface area contributed by atoms with Crippen molar-refractivity contribution in [3.05, 3.63) is 77.9 Å². The third-order valence-corrected chi connectivity index (χ3v) is 6.44. The highest BCUT2D eigenvalue weighted by atomic mass is 79.9. The number of carbonyl (C=O) groups is 1. The van der Waals surface area contributed by atoms with Gasteiger partial charge in [-0.25, -0.2) is 4.79 Å². The lowest BCUT2D eigenvalue weighted by Gasteiger charge is -2.15. The summed E-state index contributed by atoms with van der Waals surface area (Å²) in [6.07, 6.45) is 1.46. The Kier molecular flexibility index (Phi) is 5.84. The van der Waals surface area contributed by atoms with Crippen molar-refractivity contribution in [3.8, 4) is 11.5 Å². The number of benzene rings is 1. The van der Waals surface area contributed by atoms with E-state index in [2.05, 4.69) is 15.9 Å². The number of ether oxygens (including phenoxy) is 2. The lowest BCUT2D eigenvalue weighted by Crippen LogP contribution is -2.41. The molecule has 4 aromatic rings. The van der Waals surface area contributed by atoms with Gasteiger partial charge in [0.2, 0.25) is 0 Å². The number of aromatic nitrogens is 2. The second-order valence-electron chi connectivity index (χ2n) is 6.59. The highest BCUT2D eigenvalue weighted by molar-refractivity contribution is 9.11. The van der Waals surface area contributed by atoms with Gasteiger partial charge in [0, 0.05) is 6.07 Å². The molecule has 0 fully saturated rings. The van der Waals surface area contributed by atoms with Gasteiger partial charge in [0.05, 0.1) is 53.1 Å². The van der Waals surface area contributed by atoms with Gasteiger partial charge < -0.3 is 13.9 Å². The summed E-state index contributed by atoms with van der Waals surface area (Å²) in [6.45, 7) is -0.302. The minimum atomic E-state index is -0.620. The fourth-order valence-corrected chi connectivity index (χ4v) is 4.60. The van der Waals surface area contributed by atoms with Gasteiger partial charge in [0.15, 0.2) is 17.3 Å². The molecule has 0 amide bonds. The zero-order valence-electron chi connectivity index (χ0n) is 16.6. The Labute approximate surface area is 188 Å². The number of halogens is 1. The Morgan fingerprint density at radius 3 is 2.45 bits per heavy atom. The Morgan fingerprint density at radius 2 is 1.84 bits per heavy atom. The molecule has 1 aromatic carbocycles. The molecule has 0 atom stereocenters. The number of fused-ring (bicyclic) bond motifs is 1. The highest BCUT2D eigenvalue weighted by Gasteiger charge is 2.20. The van der Waals surface area contributed by atoms with E-state index in [9.17, 15) is 14.4 Å².